The smallest absolute Gasteiger partial charge is 0.323 e. The van der Waals surface area contributed by atoms with E-state index in [1.54, 1.807) is 0 Å². The molecule has 0 spiro atoms. The summed E-state index contributed by atoms with van der Waals surface area (Å²) in [5.74, 6) is -1.19. The third kappa shape index (κ3) is 2.83. The van der Waals surface area contributed by atoms with Gasteiger partial charge in [-0.15, -0.1) is 0 Å². The molecule has 0 saturated heterocycles. The van der Waals surface area contributed by atoms with Crippen molar-refractivity contribution in [1.29, 1.82) is 0 Å². The molecule has 1 aromatic carbocycles. The molecule has 4 heteroatoms. The Balaban J connectivity index is 2.57. The summed E-state index contributed by atoms with van der Waals surface area (Å²) in [7, 11) is 0. The molecule has 1 aromatic rings. The van der Waals surface area contributed by atoms with Crippen LogP contribution in [0.5, 0.6) is 0 Å². The first kappa shape index (κ1) is 10.7. The van der Waals surface area contributed by atoms with Crippen molar-refractivity contribution < 1.29 is 15.0 Å². The van der Waals surface area contributed by atoms with Gasteiger partial charge in [0.05, 0.1) is 6.10 Å². The molecule has 4 nitrogen and oxygen atoms in total. The maximum atomic E-state index is 10.4. The molecular weight excluding hydrogens is 182 g/mol. The van der Waals surface area contributed by atoms with Crippen LogP contribution >= 0.6 is 0 Å². The van der Waals surface area contributed by atoms with Crippen LogP contribution in [0, 0.1) is 0 Å². The minimum atomic E-state index is -1.23. The summed E-state index contributed by atoms with van der Waals surface area (Å²) in [6.45, 7) is 0. The van der Waals surface area contributed by atoms with E-state index < -0.39 is 18.1 Å². The molecule has 0 radical (unpaired) electrons. The van der Waals surface area contributed by atoms with Crippen molar-refractivity contribution in [3.8, 4) is 0 Å². The SMILES string of the molecule is N[C@H](C(=O)O)[C@H](O)Cc1ccccc1. The lowest BCUT2D eigenvalue weighted by Crippen LogP contribution is -2.42. The van der Waals surface area contributed by atoms with E-state index in [2.05, 4.69) is 0 Å². The van der Waals surface area contributed by atoms with Gasteiger partial charge in [-0.05, 0) is 5.56 Å². The average Bonchev–Trinajstić information content (AvgIpc) is 2.18. The standard InChI is InChI=1S/C10H13NO3/c11-9(10(13)14)8(12)6-7-4-2-1-3-5-7/h1-5,8-9,12H,6,11H2,(H,13,14)/t8-,9+/m1/s1. The van der Waals surface area contributed by atoms with Gasteiger partial charge in [-0.25, -0.2) is 0 Å². The molecule has 0 amide bonds. The first-order valence-electron chi connectivity index (χ1n) is 4.31. The van der Waals surface area contributed by atoms with E-state index in [-0.39, 0.29) is 6.42 Å². The van der Waals surface area contributed by atoms with Crippen LogP contribution in [0.2, 0.25) is 0 Å². The topological polar surface area (TPSA) is 83.6 Å². The van der Waals surface area contributed by atoms with Gasteiger partial charge >= 0.3 is 5.97 Å². The van der Waals surface area contributed by atoms with Crippen molar-refractivity contribution in [1.82, 2.24) is 0 Å². The highest BCUT2D eigenvalue weighted by atomic mass is 16.4. The highest BCUT2D eigenvalue weighted by Gasteiger charge is 2.21. The van der Waals surface area contributed by atoms with Crippen LogP contribution in [0.3, 0.4) is 0 Å². The summed E-state index contributed by atoms with van der Waals surface area (Å²) in [4.78, 5) is 10.4. The second-order valence-corrected chi connectivity index (χ2v) is 3.12. The van der Waals surface area contributed by atoms with E-state index >= 15 is 0 Å². The first-order valence-corrected chi connectivity index (χ1v) is 4.31. The number of rotatable bonds is 4. The van der Waals surface area contributed by atoms with Gasteiger partial charge in [0.15, 0.2) is 0 Å². The molecule has 0 aliphatic carbocycles. The summed E-state index contributed by atoms with van der Waals surface area (Å²) < 4.78 is 0. The Bertz CT molecular complexity index is 299. The van der Waals surface area contributed by atoms with Crippen LogP contribution < -0.4 is 5.73 Å². The van der Waals surface area contributed by atoms with Crippen molar-refractivity contribution in [3.63, 3.8) is 0 Å². The van der Waals surface area contributed by atoms with Crippen molar-refractivity contribution in [2.75, 3.05) is 0 Å². The van der Waals surface area contributed by atoms with Gasteiger partial charge in [-0.1, -0.05) is 30.3 Å². The van der Waals surface area contributed by atoms with E-state index in [1.165, 1.54) is 0 Å². The van der Waals surface area contributed by atoms with E-state index in [1.807, 2.05) is 30.3 Å². The van der Waals surface area contributed by atoms with Gasteiger partial charge in [0.25, 0.3) is 0 Å². The minimum Gasteiger partial charge on any atom is -0.480 e. The Morgan fingerprint density at radius 2 is 1.93 bits per heavy atom. The molecule has 0 aromatic heterocycles. The number of nitrogens with two attached hydrogens (primary N) is 1. The molecule has 14 heavy (non-hydrogen) atoms. The van der Waals surface area contributed by atoms with Crippen LogP contribution in [0.1, 0.15) is 5.56 Å². The fourth-order valence-corrected chi connectivity index (χ4v) is 1.15. The second-order valence-electron chi connectivity index (χ2n) is 3.12. The van der Waals surface area contributed by atoms with Crippen molar-refractivity contribution in [3.05, 3.63) is 35.9 Å². The number of carbonyl (C=O) groups is 1. The first-order chi connectivity index (χ1) is 6.61. The predicted octanol–water partition coefficient (Wildman–Crippen LogP) is 0.00190. The number of hydrogen-bond acceptors (Lipinski definition) is 3. The summed E-state index contributed by atoms with van der Waals surface area (Å²) in [5.41, 5.74) is 6.13. The lowest BCUT2D eigenvalue weighted by Gasteiger charge is -2.14. The lowest BCUT2D eigenvalue weighted by atomic mass is 10.0. The molecule has 4 N–H and O–H groups in total. The van der Waals surface area contributed by atoms with E-state index in [4.69, 9.17) is 10.8 Å². The largest absolute Gasteiger partial charge is 0.480 e. The predicted molar refractivity (Wildman–Crippen MR) is 51.8 cm³/mol. The molecule has 1 rings (SSSR count). The quantitative estimate of drug-likeness (QED) is 0.631. The number of hydrogen-bond donors (Lipinski definition) is 3. The van der Waals surface area contributed by atoms with E-state index in [0.717, 1.165) is 5.56 Å². The summed E-state index contributed by atoms with van der Waals surface area (Å²) in [6, 6.07) is 7.92. The highest BCUT2D eigenvalue weighted by Crippen LogP contribution is 2.04. The maximum absolute atomic E-state index is 10.4. The molecule has 0 fully saturated rings. The molecule has 0 saturated carbocycles. The molecule has 0 heterocycles. The molecule has 0 unspecified atom stereocenters. The van der Waals surface area contributed by atoms with Crippen LogP contribution in [0.4, 0.5) is 0 Å². The van der Waals surface area contributed by atoms with Gasteiger partial charge in [0.2, 0.25) is 0 Å². The number of benzene rings is 1. The normalized spacial score (nSPS) is 14.7. The molecular formula is C10H13NO3. The molecule has 76 valence electrons. The van der Waals surface area contributed by atoms with Crippen molar-refractivity contribution >= 4 is 5.97 Å². The summed E-state index contributed by atoms with van der Waals surface area (Å²) in [6.07, 6.45) is -0.788. The van der Waals surface area contributed by atoms with Gasteiger partial charge < -0.3 is 15.9 Å². The number of aliphatic hydroxyl groups excluding tert-OH is 1. The zero-order valence-electron chi connectivity index (χ0n) is 7.63. The zero-order valence-corrected chi connectivity index (χ0v) is 7.63. The Hall–Kier alpha value is -1.39. The van der Waals surface area contributed by atoms with E-state index in [9.17, 15) is 9.90 Å². The van der Waals surface area contributed by atoms with Gasteiger partial charge in [-0.3, -0.25) is 4.79 Å². The van der Waals surface area contributed by atoms with E-state index in [0.29, 0.717) is 0 Å². The lowest BCUT2D eigenvalue weighted by molar-refractivity contribution is -0.141. The summed E-state index contributed by atoms with van der Waals surface area (Å²) >= 11 is 0. The van der Waals surface area contributed by atoms with Crippen LogP contribution in [-0.4, -0.2) is 28.3 Å². The summed E-state index contributed by atoms with van der Waals surface area (Å²) in [5, 5.41) is 18.0. The molecule has 0 bridgehead atoms. The van der Waals surface area contributed by atoms with Crippen LogP contribution in [-0.2, 0) is 11.2 Å². The number of aliphatic carboxylic acids is 1. The van der Waals surface area contributed by atoms with Crippen molar-refractivity contribution in [2.24, 2.45) is 5.73 Å². The second kappa shape index (κ2) is 4.74. The van der Waals surface area contributed by atoms with Gasteiger partial charge in [-0.2, -0.15) is 0 Å². The fraction of sp³-hybridized carbons (Fsp3) is 0.300. The minimum absolute atomic E-state index is 0.258. The third-order valence-corrected chi connectivity index (χ3v) is 1.99. The number of carboxylic acids is 1. The Kier molecular flexibility index (Phi) is 3.62. The molecule has 2 atom stereocenters. The molecule has 0 aliphatic heterocycles. The number of carboxylic acid groups (broad SMARTS) is 1. The number of aliphatic hydroxyl groups is 1. The maximum Gasteiger partial charge on any atom is 0.323 e. The van der Waals surface area contributed by atoms with Crippen LogP contribution in [0.25, 0.3) is 0 Å². The Labute approximate surface area is 82.0 Å². The monoisotopic (exact) mass is 195 g/mol. The Morgan fingerprint density at radius 1 is 1.36 bits per heavy atom. The third-order valence-electron chi connectivity index (χ3n) is 1.99. The Morgan fingerprint density at radius 3 is 2.43 bits per heavy atom. The van der Waals surface area contributed by atoms with Crippen molar-refractivity contribution in [2.45, 2.75) is 18.6 Å². The fourth-order valence-electron chi connectivity index (χ4n) is 1.15. The van der Waals surface area contributed by atoms with Crippen LogP contribution in [0.15, 0.2) is 30.3 Å². The van der Waals surface area contributed by atoms with Gasteiger partial charge in [0, 0.05) is 6.42 Å². The van der Waals surface area contributed by atoms with Gasteiger partial charge in [0.1, 0.15) is 6.04 Å². The highest BCUT2D eigenvalue weighted by molar-refractivity contribution is 5.73. The zero-order chi connectivity index (χ0) is 10.6. The average molecular weight is 195 g/mol. The molecule has 0 aliphatic rings.